The molecule has 2 amide bonds. The van der Waals surface area contributed by atoms with Crippen molar-refractivity contribution >= 4 is 51.6 Å². The normalized spacial score (nSPS) is 10.6. The van der Waals surface area contributed by atoms with Crippen molar-refractivity contribution in [3.05, 3.63) is 58.3 Å². The average molecular weight is 347 g/mol. The zero-order valence-corrected chi connectivity index (χ0v) is 13.6. The maximum atomic E-state index is 12.2. The van der Waals surface area contributed by atoms with Crippen LogP contribution < -0.4 is 10.6 Å². The van der Waals surface area contributed by atoms with Gasteiger partial charge in [0, 0.05) is 16.6 Å². The van der Waals surface area contributed by atoms with E-state index >= 15 is 0 Å². The Kier molecular flexibility index (Phi) is 4.32. The van der Waals surface area contributed by atoms with Crippen molar-refractivity contribution in [3.8, 4) is 0 Å². The van der Waals surface area contributed by atoms with Crippen LogP contribution in [0.1, 0.15) is 5.69 Å². The van der Waals surface area contributed by atoms with Crippen LogP contribution in [-0.2, 0) is 0 Å². The minimum Gasteiger partial charge on any atom is -0.306 e. The lowest BCUT2D eigenvalue weighted by atomic mass is 10.2. The van der Waals surface area contributed by atoms with Crippen molar-refractivity contribution in [2.24, 2.45) is 0 Å². The fourth-order valence-electron chi connectivity index (χ4n) is 2.09. The lowest BCUT2D eigenvalue weighted by Gasteiger charge is -2.11. The predicted molar refractivity (Wildman–Crippen MR) is 93.4 cm³/mol. The quantitative estimate of drug-likeness (QED) is 0.694. The van der Waals surface area contributed by atoms with Crippen molar-refractivity contribution in [2.45, 2.75) is 6.92 Å². The Bertz CT molecular complexity index is 898. The number of aryl methyl sites for hydroxylation is 1. The molecular formula is C16H12Cl2N4O. The van der Waals surface area contributed by atoms with Gasteiger partial charge in [-0.1, -0.05) is 23.2 Å². The fraction of sp³-hybridized carbons (Fsp3) is 0.0625. The van der Waals surface area contributed by atoms with Gasteiger partial charge in [-0.3, -0.25) is 0 Å². The number of urea groups is 1. The van der Waals surface area contributed by atoms with Crippen molar-refractivity contribution in [2.75, 3.05) is 10.6 Å². The van der Waals surface area contributed by atoms with Crippen LogP contribution in [0.3, 0.4) is 0 Å². The van der Waals surface area contributed by atoms with Gasteiger partial charge in [-0.2, -0.15) is 0 Å². The highest BCUT2D eigenvalue weighted by Crippen LogP contribution is 2.26. The van der Waals surface area contributed by atoms with Gasteiger partial charge in [0.15, 0.2) is 5.65 Å². The van der Waals surface area contributed by atoms with Gasteiger partial charge in [0.1, 0.15) is 0 Å². The van der Waals surface area contributed by atoms with E-state index in [0.717, 1.165) is 5.39 Å². The van der Waals surface area contributed by atoms with E-state index in [-0.39, 0.29) is 0 Å². The molecule has 3 rings (SSSR count). The monoisotopic (exact) mass is 346 g/mol. The average Bonchev–Trinajstić information content (AvgIpc) is 2.51. The van der Waals surface area contributed by atoms with Crippen LogP contribution >= 0.6 is 23.2 Å². The number of anilines is 2. The summed E-state index contributed by atoms with van der Waals surface area (Å²) in [5, 5.41) is 7.15. The first kappa shape index (κ1) is 15.5. The number of pyridine rings is 2. The molecule has 0 bridgehead atoms. The third kappa shape index (κ3) is 3.52. The van der Waals surface area contributed by atoms with E-state index in [0.29, 0.717) is 32.8 Å². The topological polar surface area (TPSA) is 66.9 Å². The van der Waals surface area contributed by atoms with Crippen LogP contribution in [0.25, 0.3) is 11.0 Å². The van der Waals surface area contributed by atoms with Crippen LogP contribution in [0.2, 0.25) is 10.0 Å². The van der Waals surface area contributed by atoms with Crippen LogP contribution in [0, 0.1) is 6.92 Å². The smallest absolute Gasteiger partial charge is 0.306 e. The van der Waals surface area contributed by atoms with Gasteiger partial charge in [-0.05, 0) is 43.3 Å². The van der Waals surface area contributed by atoms with Gasteiger partial charge in [-0.25, -0.2) is 14.8 Å². The Labute approximate surface area is 142 Å². The second kappa shape index (κ2) is 6.40. The van der Waals surface area contributed by atoms with Gasteiger partial charge >= 0.3 is 6.03 Å². The number of fused-ring (bicyclic) bond motifs is 1. The summed E-state index contributed by atoms with van der Waals surface area (Å²) in [7, 11) is 0. The summed E-state index contributed by atoms with van der Waals surface area (Å²) in [5.41, 5.74) is 2.34. The van der Waals surface area contributed by atoms with Crippen LogP contribution in [0.15, 0.2) is 42.6 Å². The molecule has 2 heterocycles. The lowest BCUT2D eigenvalue weighted by molar-refractivity contribution is 0.262. The van der Waals surface area contributed by atoms with E-state index in [1.807, 2.05) is 18.2 Å². The van der Waals surface area contributed by atoms with Crippen LogP contribution in [-0.4, -0.2) is 16.0 Å². The number of benzene rings is 1. The van der Waals surface area contributed by atoms with E-state index in [1.165, 1.54) is 0 Å². The standard InChI is InChI=1S/C16H12Cl2N4O/c1-9-13(7-10-3-2-6-19-15(10)20-9)21-16(23)22-14-8-11(17)4-5-12(14)18/h2-8H,1H3,(H2,21,22,23). The Hall–Kier alpha value is -2.37. The molecule has 116 valence electrons. The Balaban J connectivity index is 1.82. The van der Waals surface area contributed by atoms with E-state index in [9.17, 15) is 4.79 Å². The molecule has 0 aliphatic rings. The number of amides is 2. The highest BCUT2D eigenvalue weighted by atomic mass is 35.5. The molecule has 5 nitrogen and oxygen atoms in total. The molecule has 0 saturated carbocycles. The van der Waals surface area contributed by atoms with Crippen LogP contribution in [0.4, 0.5) is 16.2 Å². The van der Waals surface area contributed by atoms with E-state index in [2.05, 4.69) is 20.6 Å². The van der Waals surface area contributed by atoms with Crippen molar-refractivity contribution in [1.29, 1.82) is 0 Å². The molecule has 0 saturated heterocycles. The minimum atomic E-state index is -0.428. The van der Waals surface area contributed by atoms with Gasteiger partial charge in [-0.15, -0.1) is 0 Å². The molecule has 0 atom stereocenters. The molecule has 0 radical (unpaired) electrons. The summed E-state index contributed by atoms with van der Waals surface area (Å²) >= 11 is 11.9. The molecule has 2 aromatic heterocycles. The Morgan fingerprint density at radius 3 is 2.70 bits per heavy atom. The van der Waals surface area contributed by atoms with E-state index in [4.69, 9.17) is 23.2 Å². The minimum absolute atomic E-state index is 0.405. The summed E-state index contributed by atoms with van der Waals surface area (Å²) in [6.07, 6.45) is 1.68. The number of carbonyl (C=O) groups is 1. The lowest BCUT2D eigenvalue weighted by Crippen LogP contribution is -2.20. The maximum absolute atomic E-state index is 12.2. The molecule has 0 aliphatic carbocycles. The number of halogens is 2. The van der Waals surface area contributed by atoms with E-state index < -0.39 is 6.03 Å². The molecular weight excluding hydrogens is 335 g/mol. The van der Waals surface area contributed by atoms with Crippen molar-refractivity contribution < 1.29 is 4.79 Å². The largest absolute Gasteiger partial charge is 0.323 e. The summed E-state index contributed by atoms with van der Waals surface area (Å²) in [6.45, 7) is 1.80. The zero-order chi connectivity index (χ0) is 16.4. The number of rotatable bonds is 2. The summed E-state index contributed by atoms with van der Waals surface area (Å²) in [5.74, 6) is 0. The molecule has 7 heteroatoms. The third-order valence-electron chi connectivity index (χ3n) is 3.20. The Morgan fingerprint density at radius 2 is 1.87 bits per heavy atom. The number of nitrogens with one attached hydrogen (secondary N) is 2. The highest BCUT2D eigenvalue weighted by molar-refractivity contribution is 6.35. The second-order valence-electron chi connectivity index (χ2n) is 4.87. The number of hydrogen-bond donors (Lipinski definition) is 2. The first-order valence-electron chi connectivity index (χ1n) is 6.78. The molecule has 0 aliphatic heterocycles. The highest BCUT2D eigenvalue weighted by Gasteiger charge is 2.10. The SMILES string of the molecule is Cc1nc2ncccc2cc1NC(=O)Nc1cc(Cl)ccc1Cl. The summed E-state index contributed by atoms with van der Waals surface area (Å²) in [6, 6.07) is 9.94. The maximum Gasteiger partial charge on any atom is 0.323 e. The number of carbonyl (C=O) groups excluding carboxylic acids is 1. The van der Waals surface area contributed by atoms with Crippen LogP contribution in [0.5, 0.6) is 0 Å². The fourth-order valence-corrected chi connectivity index (χ4v) is 2.43. The zero-order valence-electron chi connectivity index (χ0n) is 12.1. The van der Waals surface area contributed by atoms with Gasteiger partial charge in [0.2, 0.25) is 0 Å². The molecule has 0 unspecified atom stereocenters. The number of aromatic nitrogens is 2. The van der Waals surface area contributed by atoms with E-state index in [1.54, 1.807) is 31.3 Å². The summed E-state index contributed by atoms with van der Waals surface area (Å²) in [4.78, 5) is 20.7. The Morgan fingerprint density at radius 1 is 1.09 bits per heavy atom. The summed E-state index contributed by atoms with van der Waals surface area (Å²) < 4.78 is 0. The second-order valence-corrected chi connectivity index (χ2v) is 5.72. The van der Waals surface area contributed by atoms with Gasteiger partial charge in [0.05, 0.1) is 22.1 Å². The molecule has 2 N–H and O–H groups in total. The molecule has 1 aromatic carbocycles. The molecule has 0 spiro atoms. The van der Waals surface area contributed by atoms with Gasteiger partial charge < -0.3 is 10.6 Å². The molecule has 23 heavy (non-hydrogen) atoms. The van der Waals surface area contributed by atoms with Crippen molar-refractivity contribution in [1.82, 2.24) is 9.97 Å². The predicted octanol–water partition coefficient (Wildman–Crippen LogP) is 4.89. The number of nitrogens with zero attached hydrogens (tertiary/aromatic N) is 2. The first-order valence-corrected chi connectivity index (χ1v) is 7.54. The van der Waals surface area contributed by atoms with Crippen molar-refractivity contribution in [3.63, 3.8) is 0 Å². The molecule has 0 fully saturated rings. The number of hydrogen-bond acceptors (Lipinski definition) is 3. The molecule has 3 aromatic rings. The first-order chi connectivity index (χ1) is 11.0. The third-order valence-corrected chi connectivity index (χ3v) is 3.77. The van der Waals surface area contributed by atoms with Gasteiger partial charge in [0.25, 0.3) is 0 Å².